The van der Waals surface area contributed by atoms with Crippen LogP contribution in [0, 0.1) is 18.6 Å². The van der Waals surface area contributed by atoms with Crippen molar-refractivity contribution in [2.75, 3.05) is 6.54 Å². The van der Waals surface area contributed by atoms with Gasteiger partial charge in [-0.3, -0.25) is 9.59 Å². The maximum absolute atomic E-state index is 13.4. The molecule has 0 fully saturated rings. The molecule has 0 unspecified atom stereocenters. The summed E-state index contributed by atoms with van der Waals surface area (Å²) < 4.78 is 32.5. The van der Waals surface area contributed by atoms with E-state index in [4.69, 9.17) is 4.42 Å². The van der Waals surface area contributed by atoms with E-state index in [0.29, 0.717) is 30.1 Å². The number of nitrogens with zero attached hydrogens (tertiary/aromatic N) is 2. The lowest BCUT2D eigenvalue weighted by atomic mass is 10.1. The highest BCUT2D eigenvalue weighted by atomic mass is 19.1. The normalized spacial score (nSPS) is 13.5. The van der Waals surface area contributed by atoms with E-state index in [1.807, 2.05) is 0 Å². The Morgan fingerprint density at radius 1 is 1.19 bits per heavy atom. The fraction of sp³-hybridized carbons (Fsp3) is 0.211. The summed E-state index contributed by atoms with van der Waals surface area (Å²) in [6, 6.07) is 5.72. The molecule has 0 atom stereocenters. The van der Waals surface area contributed by atoms with E-state index in [1.54, 1.807) is 11.8 Å². The number of aromatic amines is 1. The molecule has 0 spiro atoms. The van der Waals surface area contributed by atoms with E-state index in [1.165, 1.54) is 12.1 Å². The second-order valence-electron chi connectivity index (χ2n) is 6.44. The smallest absolute Gasteiger partial charge is 0.270 e. The minimum Gasteiger partial charge on any atom is -0.441 e. The number of oxazole rings is 1. The highest BCUT2D eigenvalue weighted by Gasteiger charge is 2.27. The van der Waals surface area contributed by atoms with E-state index in [9.17, 15) is 18.4 Å². The maximum atomic E-state index is 13.4. The van der Waals surface area contributed by atoms with Gasteiger partial charge in [0.1, 0.15) is 28.8 Å². The third-order valence-corrected chi connectivity index (χ3v) is 4.33. The average Bonchev–Trinajstić information content (AvgIpc) is 3.02. The van der Waals surface area contributed by atoms with Gasteiger partial charge in [-0.15, -0.1) is 0 Å². The Morgan fingerprint density at radius 3 is 2.63 bits per heavy atom. The van der Waals surface area contributed by atoms with Crippen LogP contribution in [0.5, 0.6) is 0 Å². The number of hydrogen-bond donors (Lipinski definition) is 1. The molecule has 0 aliphatic carbocycles. The molecule has 3 aromatic rings. The Kier molecular flexibility index (Phi) is 4.10. The first-order valence-corrected chi connectivity index (χ1v) is 8.34. The molecule has 6 nitrogen and oxygen atoms in total. The number of carbonyl (C=O) groups excluding carboxylic acids is 1. The van der Waals surface area contributed by atoms with E-state index >= 15 is 0 Å². The second-order valence-corrected chi connectivity index (χ2v) is 6.44. The van der Waals surface area contributed by atoms with Gasteiger partial charge < -0.3 is 14.3 Å². The number of carbonyl (C=O) groups is 1. The Balaban J connectivity index is 1.61. The van der Waals surface area contributed by atoms with Crippen LogP contribution in [0.25, 0.3) is 11.5 Å². The van der Waals surface area contributed by atoms with Gasteiger partial charge in [-0.05, 0) is 19.1 Å². The largest absolute Gasteiger partial charge is 0.441 e. The minimum absolute atomic E-state index is 0.108. The monoisotopic (exact) mass is 371 g/mol. The predicted octanol–water partition coefficient (Wildman–Crippen LogP) is 2.82. The van der Waals surface area contributed by atoms with Gasteiger partial charge in [0.25, 0.3) is 5.91 Å². The molecule has 0 saturated heterocycles. The molecule has 138 valence electrons. The lowest BCUT2D eigenvalue weighted by Crippen LogP contribution is -2.36. The highest BCUT2D eigenvalue weighted by Crippen LogP contribution is 2.27. The van der Waals surface area contributed by atoms with Gasteiger partial charge in [-0.2, -0.15) is 0 Å². The molecule has 2 aromatic heterocycles. The summed E-state index contributed by atoms with van der Waals surface area (Å²) in [6.45, 7) is 2.27. The molecule has 4 rings (SSSR count). The number of halogens is 2. The van der Waals surface area contributed by atoms with Crippen LogP contribution in [0.1, 0.15) is 27.6 Å². The van der Waals surface area contributed by atoms with E-state index in [-0.39, 0.29) is 35.0 Å². The first-order valence-electron chi connectivity index (χ1n) is 8.34. The first-order chi connectivity index (χ1) is 12.9. The number of amides is 1. The minimum atomic E-state index is -0.721. The highest BCUT2D eigenvalue weighted by molar-refractivity contribution is 5.92. The summed E-state index contributed by atoms with van der Waals surface area (Å²) in [5, 5.41) is 0. The van der Waals surface area contributed by atoms with Crippen LogP contribution in [0.15, 0.2) is 39.5 Å². The van der Waals surface area contributed by atoms with Crippen molar-refractivity contribution in [2.24, 2.45) is 0 Å². The topological polar surface area (TPSA) is 79.2 Å². The van der Waals surface area contributed by atoms with Crippen LogP contribution < -0.4 is 5.43 Å². The number of fused-ring (bicyclic) bond motifs is 1. The van der Waals surface area contributed by atoms with Crippen LogP contribution in [0.3, 0.4) is 0 Å². The molecule has 0 saturated carbocycles. The molecule has 0 radical (unpaired) electrons. The number of aromatic nitrogens is 2. The predicted molar refractivity (Wildman–Crippen MR) is 92.1 cm³/mol. The summed E-state index contributed by atoms with van der Waals surface area (Å²) in [6.07, 6.45) is 0.419. The molecule has 1 aromatic carbocycles. The third-order valence-electron chi connectivity index (χ3n) is 4.33. The van der Waals surface area contributed by atoms with Crippen molar-refractivity contribution in [3.8, 4) is 11.5 Å². The second kappa shape index (κ2) is 6.46. The number of H-pyrrole nitrogens is 1. The fourth-order valence-corrected chi connectivity index (χ4v) is 3.14. The number of aryl methyl sites for hydroxylation is 1. The van der Waals surface area contributed by atoms with Gasteiger partial charge in [0.05, 0.1) is 6.54 Å². The first kappa shape index (κ1) is 17.1. The van der Waals surface area contributed by atoms with Crippen molar-refractivity contribution < 1.29 is 18.0 Å². The Bertz CT molecular complexity index is 1080. The Hall–Kier alpha value is -3.29. The zero-order valence-electron chi connectivity index (χ0n) is 14.4. The van der Waals surface area contributed by atoms with Crippen molar-refractivity contribution in [2.45, 2.75) is 19.9 Å². The SMILES string of the molecule is Cc1cc(=O)cc(C(=O)N2CCc3oc(-c4cc(F)cc(F)c4)nc3C2)[nH]1. The third kappa shape index (κ3) is 3.38. The van der Waals surface area contributed by atoms with E-state index in [2.05, 4.69) is 9.97 Å². The zero-order valence-corrected chi connectivity index (χ0v) is 14.4. The van der Waals surface area contributed by atoms with Crippen LogP contribution in [-0.4, -0.2) is 27.3 Å². The van der Waals surface area contributed by atoms with Crippen LogP contribution >= 0.6 is 0 Å². The summed E-state index contributed by atoms with van der Waals surface area (Å²) >= 11 is 0. The molecule has 1 aliphatic rings. The van der Waals surface area contributed by atoms with Crippen molar-refractivity contribution >= 4 is 5.91 Å². The van der Waals surface area contributed by atoms with Crippen LogP contribution in [-0.2, 0) is 13.0 Å². The maximum Gasteiger partial charge on any atom is 0.270 e. The number of benzene rings is 1. The summed E-state index contributed by atoms with van der Waals surface area (Å²) in [4.78, 5) is 33.1. The summed E-state index contributed by atoms with van der Waals surface area (Å²) in [5.41, 5.74) is 1.29. The Morgan fingerprint density at radius 2 is 1.93 bits per heavy atom. The van der Waals surface area contributed by atoms with E-state index in [0.717, 1.165) is 18.2 Å². The molecule has 1 amide bonds. The number of nitrogens with one attached hydrogen (secondary N) is 1. The molecule has 1 N–H and O–H groups in total. The summed E-state index contributed by atoms with van der Waals surface area (Å²) in [5.74, 6) is -1.07. The quantitative estimate of drug-likeness (QED) is 0.751. The molecule has 27 heavy (non-hydrogen) atoms. The zero-order chi connectivity index (χ0) is 19.1. The molecule has 0 bridgehead atoms. The number of hydrogen-bond acceptors (Lipinski definition) is 4. The van der Waals surface area contributed by atoms with Crippen molar-refractivity contribution in [1.82, 2.24) is 14.9 Å². The Labute approximate surface area is 152 Å². The molecule has 1 aliphatic heterocycles. The van der Waals surface area contributed by atoms with Gasteiger partial charge in [0.2, 0.25) is 5.89 Å². The van der Waals surface area contributed by atoms with Crippen LogP contribution in [0.4, 0.5) is 8.78 Å². The van der Waals surface area contributed by atoms with Gasteiger partial charge >= 0.3 is 0 Å². The van der Waals surface area contributed by atoms with Crippen LogP contribution in [0.2, 0.25) is 0 Å². The summed E-state index contributed by atoms with van der Waals surface area (Å²) in [7, 11) is 0. The van der Waals surface area contributed by atoms with Gasteiger partial charge in [-0.1, -0.05) is 0 Å². The van der Waals surface area contributed by atoms with Crippen molar-refractivity contribution in [3.63, 3.8) is 0 Å². The molecular weight excluding hydrogens is 356 g/mol. The van der Waals surface area contributed by atoms with Gasteiger partial charge in [0.15, 0.2) is 5.43 Å². The molecular formula is C19H15F2N3O3. The van der Waals surface area contributed by atoms with Crippen molar-refractivity contribution in [3.05, 3.63) is 75.0 Å². The fourth-order valence-electron chi connectivity index (χ4n) is 3.14. The lowest BCUT2D eigenvalue weighted by molar-refractivity contribution is 0.0721. The average molecular weight is 371 g/mol. The van der Waals surface area contributed by atoms with E-state index < -0.39 is 11.6 Å². The van der Waals surface area contributed by atoms with Crippen molar-refractivity contribution in [1.29, 1.82) is 0 Å². The molecule has 3 heterocycles. The van der Waals surface area contributed by atoms with Gasteiger partial charge in [-0.25, -0.2) is 13.8 Å². The number of pyridine rings is 1. The molecule has 8 heteroatoms. The number of rotatable bonds is 2. The standard InChI is InChI=1S/C19H15F2N3O3/c1-10-4-14(25)8-15(22-10)19(26)24-3-2-17-16(9-24)23-18(27-17)11-5-12(20)7-13(21)6-11/h4-8H,2-3,9H2,1H3,(H,22,25). The van der Waals surface area contributed by atoms with Gasteiger partial charge in [0, 0.05) is 42.4 Å². The lowest BCUT2D eigenvalue weighted by Gasteiger charge is -2.25.